The van der Waals surface area contributed by atoms with Crippen LogP contribution in [0, 0.1) is 11.8 Å². The first-order valence-electron chi connectivity index (χ1n) is 8.33. The summed E-state index contributed by atoms with van der Waals surface area (Å²) in [6, 6.07) is 17.5. The first kappa shape index (κ1) is 19.2. The second kappa shape index (κ2) is 8.42. The van der Waals surface area contributed by atoms with E-state index in [1.165, 1.54) is 6.20 Å². The maximum atomic E-state index is 12.7. The first-order valence-corrected chi connectivity index (χ1v) is 10.1. The van der Waals surface area contributed by atoms with Crippen molar-refractivity contribution in [1.82, 2.24) is 9.71 Å². The van der Waals surface area contributed by atoms with Gasteiger partial charge < -0.3 is 4.74 Å². The zero-order chi connectivity index (χ0) is 20.0. The van der Waals surface area contributed by atoms with Gasteiger partial charge in [0.1, 0.15) is 5.75 Å². The number of nitrogens with one attached hydrogen (secondary N) is 1. The number of nitrogens with zero attached hydrogens (tertiary/aromatic N) is 1. The van der Waals surface area contributed by atoms with Gasteiger partial charge >= 0.3 is 0 Å². The predicted octanol–water partition coefficient (Wildman–Crippen LogP) is 2.91. The molecule has 0 aliphatic rings. The van der Waals surface area contributed by atoms with Gasteiger partial charge in [-0.3, -0.25) is 14.5 Å². The van der Waals surface area contributed by atoms with Gasteiger partial charge in [-0.1, -0.05) is 30.0 Å². The Labute approximate surface area is 164 Å². The lowest BCUT2D eigenvalue weighted by Crippen LogP contribution is -2.30. The maximum absolute atomic E-state index is 12.7. The Morgan fingerprint density at radius 2 is 1.71 bits per heavy atom. The molecule has 1 unspecified atom stereocenters. The highest BCUT2D eigenvalue weighted by molar-refractivity contribution is 7.99. The zero-order valence-electron chi connectivity index (χ0n) is 15.2. The maximum Gasteiger partial charge on any atom is 0.264 e. The fraction of sp³-hybridized carbons (Fsp3) is 0.0455. The number of carbonyl (C=O) groups is 1. The van der Waals surface area contributed by atoms with E-state index in [1.807, 2.05) is 24.3 Å². The summed E-state index contributed by atoms with van der Waals surface area (Å²) in [7, 11) is -1.36. The van der Waals surface area contributed by atoms with Crippen molar-refractivity contribution >= 4 is 21.5 Å². The summed E-state index contributed by atoms with van der Waals surface area (Å²) in [6.07, 6.45) is 2.96. The minimum Gasteiger partial charge on any atom is -0.497 e. The Kier molecular flexibility index (Phi) is 5.78. The van der Waals surface area contributed by atoms with E-state index < -0.39 is 15.6 Å². The lowest BCUT2D eigenvalue weighted by atomic mass is 10.1. The van der Waals surface area contributed by atoms with Gasteiger partial charge in [0.25, 0.3) is 5.91 Å². The summed E-state index contributed by atoms with van der Waals surface area (Å²) >= 11 is 0. The largest absolute Gasteiger partial charge is 0.497 e. The molecule has 0 bridgehead atoms. The van der Waals surface area contributed by atoms with Gasteiger partial charge in [-0.25, -0.2) is 4.21 Å². The van der Waals surface area contributed by atoms with Gasteiger partial charge in [0, 0.05) is 28.4 Å². The molecule has 5 nitrogen and oxygen atoms in total. The van der Waals surface area contributed by atoms with Crippen molar-refractivity contribution < 1.29 is 13.7 Å². The molecule has 0 saturated carbocycles. The van der Waals surface area contributed by atoms with Crippen LogP contribution in [-0.2, 0) is 9.71 Å². The smallest absolute Gasteiger partial charge is 0.264 e. The Morgan fingerprint density at radius 3 is 2.39 bits per heavy atom. The highest BCUT2D eigenvalue weighted by atomic mass is 32.2. The van der Waals surface area contributed by atoms with Gasteiger partial charge in [-0.2, -0.15) is 0 Å². The van der Waals surface area contributed by atoms with Crippen LogP contribution in [0.15, 0.2) is 78.0 Å². The number of ether oxygens (including phenoxy) is 1. The van der Waals surface area contributed by atoms with E-state index in [1.54, 1.807) is 49.7 Å². The predicted molar refractivity (Wildman–Crippen MR) is 111 cm³/mol. The monoisotopic (exact) mass is 390 g/mol. The van der Waals surface area contributed by atoms with Crippen LogP contribution in [0.2, 0.25) is 0 Å². The molecule has 0 aliphatic heterocycles. The van der Waals surface area contributed by atoms with Crippen molar-refractivity contribution in [2.45, 2.75) is 4.90 Å². The fourth-order valence-electron chi connectivity index (χ4n) is 2.36. The molecule has 140 valence electrons. The van der Waals surface area contributed by atoms with Crippen LogP contribution in [-0.4, -0.2) is 28.1 Å². The molecule has 0 fully saturated rings. The number of methoxy groups -OCH3 is 1. The molecule has 0 spiro atoms. The number of aromatic nitrogens is 1. The Hall–Kier alpha value is -3.56. The van der Waals surface area contributed by atoms with Crippen LogP contribution < -0.4 is 9.46 Å². The molecule has 3 rings (SSSR count). The molecule has 1 heterocycles. The minimum absolute atomic E-state index is 0.258. The number of hydrogen-bond acceptors (Lipinski definition) is 4. The summed E-state index contributed by atoms with van der Waals surface area (Å²) in [5, 5.41) is 0. The molecule has 0 radical (unpaired) electrons. The van der Waals surface area contributed by atoms with Gasteiger partial charge in [0.05, 0.1) is 22.4 Å². The van der Waals surface area contributed by atoms with E-state index >= 15 is 0 Å². The summed E-state index contributed by atoms with van der Waals surface area (Å²) < 4.78 is 20.3. The van der Waals surface area contributed by atoms with E-state index in [2.05, 4.69) is 27.4 Å². The quantitative estimate of drug-likeness (QED) is 0.549. The molecule has 0 saturated heterocycles. The highest BCUT2D eigenvalue weighted by Gasteiger charge is 2.13. The molecule has 0 aliphatic carbocycles. The molecule has 1 amide bonds. The van der Waals surface area contributed by atoms with Crippen LogP contribution in [0.25, 0.3) is 0 Å². The Morgan fingerprint density at radius 1 is 1.04 bits per heavy atom. The molecular formula is C22H18N2O3S. The molecular weight excluding hydrogens is 372 g/mol. The van der Waals surface area contributed by atoms with Gasteiger partial charge in [0.15, 0.2) is 0 Å². The molecule has 28 heavy (non-hydrogen) atoms. The van der Waals surface area contributed by atoms with Crippen molar-refractivity contribution in [3.05, 3.63) is 89.7 Å². The molecule has 2 aromatic carbocycles. The molecule has 1 N–H and O–H groups in total. The van der Waals surface area contributed by atoms with Gasteiger partial charge in [-0.15, -0.1) is 0 Å². The van der Waals surface area contributed by atoms with Crippen LogP contribution in [0.3, 0.4) is 0 Å². The summed E-state index contributed by atoms with van der Waals surface area (Å²) in [5.74, 6) is 9.86. The van der Waals surface area contributed by atoms with Crippen LogP contribution in [0.5, 0.6) is 5.75 Å². The average Bonchev–Trinajstić information content (AvgIpc) is 2.73. The number of carbonyl (C=O) groups excluding carboxylic acids is 1. The Bertz CT molecular complexity index is 1140. The third kappa shape index (κ3) is 4.78. The van der Waals surface area contributed by atoms with Crippen molar-refractivity contribution in [2.24, 2.45) is 0 Å². The zero-order valence-corrected chi connectivity index (χ0v) is 16.0. The van der Waals surface area contributed by atoms with Crippen molar-refractivity contribution in [3.8, 4) is 17.6 Å². The first-order chi connectivity index (χ1) is 13.5. The van der Waals surface area contributed by atoms with Gasteiger partial charge in [-0.05, 0) is 48.3 Å². The minimum atomic E-state index is -2.96. The number of pyridine rings is 1. The Balaban J connectivity index is 1.77. The molecule has 3 aromatic rings. The summed E-state index contributed by atoms with van der Waals surface area (Å²) in [6.45, 7) is 0. The average molecular weight is 390 g/mol. The summed E-state index contributed by atoms with van der Waals surface area (Å²) in [4.78, 5) is 17.0. The number of amides is 1. The lowest BCUT2D eigenvalue weighted by molar-refractivity contribution is 0.0982. The van der Waals surface area contributed by atoms with Crippen molar-refractivity contribution in [2.75, 3.05) is 7.11 Å². The van der Waals surface area contributed by atoms with E-state index in [-0.39, 0.29) is 5.56 Å². The van der Waals surface area contributed by atoms with Crippen LogP contribution in [0.4, 0.5) is 0 Å². The third-order valence-corrected chi connectivity index (χ3v) is 5.37. The second-order valence-electron chi connectivity index (χ2n) is 5.86. The van der Waals surface area contributed by atoms with E-state index in [9.17, 15) is 9.00 Å². The number of rotatable bonds is 4. The highest BCUT2D eigenvalue weighted by Crippen LogP contribution is 2.11. The normalized spacial score (nSPS) is 12.2. The SMILES string of the molecule is C=S(=O)(NC(=O)c1cncc(C#Cc2ccc(OC)cc2)c1)c1ccccc1. The van der Waals surface area contributed by atoms with Gasteiger partial charge in [0.2, 0.25) is 0 Å². The van der Waals surface area contributed by atoms with Crippen molar-refractivity contribution in [3.63, 3.8) is 0 Å². The molecule has 1 atom stereocenters. The molecule has 1 aromatic heterocycles. The van der Waals surface area contributed by atoms with Crippen LogP contribution in [0.1, 0.15) is 21.5 Å². The summed E-state index contributed by atoms with van der Waals surface area (Å²) in [5.41, 5.74) is 1.63. The lowest BCUT2D eigenvalue weighted by Gasteiger charge is -2.11. The fourth-order valence-corrected chi connectivity index (χ4v) is 3.49. The number of hydrogen-bond donors (Lipinski definition) is 1. The van der Waals surface area contributed by atoms with E-state index in [4.69, 9.17) is 4.74 Å². The molecule has 6 heteroatoms. The third-order valence-electron chi connectivity index (χ3n) is 3.82. The topological polar surface area (TPSA) is 68.3 Å². The standard InChI is InChI=1S/C22H18N2O3S/c1-27-20-12-10-17(11-13-20)8-9-18-14-19(16-23-15-18)22(25)24-28(2,26)21-6-4-3-5-7-21/h3-7,10-16H,2H2,1H3,(H,24,25,26). The van der Waals surface area contributed by atoms with Crippen LogP contribution >= 0.6 is 0 Å². The number of benzene rings is 2. The second-order valence-corrected chi connectivity index (χ2v) is 7.89. The van der Waals surface area contributed by atoms with E-state index in [0.717, 1.165) is 11.3 Å². The van der Waals surface area contributed by atoms with Crippen molar-refractivity contribution in [1.29, 1.82) is 0 Å². The van der Waals surface area contributed by atoms with E-state index in [0.29, 0.717) is 10.5 Å².